The smallest absolute Gasteiger partial charge is 0.352 e. The minimum atomic E-state index is -4.65. The number of thioether (sulfide) groups is 1. The van der Waals surface area contributed by atoms with Crippen LogP contribution in [0.2, 0.25) is 5.02 Å². The molecule has 3 aliphatic rings. The third kappa shape index (κ3) is 4.73. The first kappa shape index (κ1) is 27.7. The molecule has 1 saturated carbocycles. The highest BCUT2D eigenvalue weighted by molar-refractivity contribution is 7.99. The van der Waals surface area contributed by atoms with Crippen molar-refractivity contribution in [3.05, 3.63) is 51.2 Å². The molecule has 0 N–H and O–H groups in total. The molecule has 0 unspecified atom stereocenters. The largest absolute Gasteiger partial charge is 0.417 e. The van der Waals surface area contributed by atoms with Crippen LogP contribution in [0.1, 0.15) is 32.3 Å². The standard InChI is InChI=1S/C28H28ClF3N4O2S2/c1-4-22(37)36-14(2)9-34(10-15(36)3)26-19-8-20(28(30,31)32)23(21-7-18(29)13-39-21)25-24(19)35(27(38)33-26)11-17(12-40-25)16-5-6-16/h4,7-8,13-17H,1,5-6,9-12H2,2-3H3/t14-,15+,17-/m0/s1. The van der Waals surface area contributed by atoms with Gasteiger partial charge in [0.15, 0.2) is 0 Å². The molecule has 0 radical (unpaired) electrons. The zero-order valence-corrected chi connectivity index (χ0v) is 24.4. The summed E-state index contributed by atoms with van der Waals surface area (Å²) < 4.78 is 45.9. The van der Waals surface area contributed by atoms with Gasteiger partial charge in [-0.2, -0.15) is 18.2 Å². The highest BCUT2D eigenvalue weighted by Crippen LogP contribution is 2.51. The molecule has 212 valence electrons. The van der Waals surface area contributed by atoms with Crippen molar-refractivity contribution in [2.75, 3.05) is 23.7 Å². The molecule has 1 aliphatic carbocycles. The van der Waals surface area contributed by atoms with Crippen molar-refractivity contribution >= 4 is 57.3 Å². The molecule has 12 heteroatoms. The van der Waals surface area contributed by atoms with E-state index in [1.54, 1.807) is 20.9 Å². The fourth-order valence-electron chi connectivity index (χ4n) is 6.22. The molecular formula is C28H28ClF3N4O2S2. The summed E-state index contributed by atoms with van der Waals surface area (Å²) in [6, 6.07) is 2.21. The van der Waals surface area contributed by atoms with E-state index in [-0.39, 0.29) is 35.3 Å². The topological polar surface area (TPSA) is 58.4 Å². The van der Waals surface area contributed by atoms with Crippen LogP contribution in [0.3, 0.4) is 0 Å². The van der Waals surface area contributed by atoms with Crippen molar-refractivity contribution in [2.24, 2.45) is 11.8 Å². The molecule has 3 atom stereocenters. The Morgan fingerprint density at radius 2 is 1.85 bits per heavy atom. The molecule has 1 amide bonds. The summed E-state index contributed by atoms with van der Waals surface area (Å²) >= 11 is 8.75. The second-order valence-electron chi connectivity index (χ2n) is 10.9. The van der Waals surface area contributed by atoms with Gasteiger partial charge >= 0.3 is 11.9 Å². The molecular weight excluding hydrogens is 581 g/mol. The van der Waals surface area contributed by atoms with Gasteiger partial charge in [-0.25, -0.2) is 4.79 Å². The number of rotatable bonds is 4. The number of nitrogens with zero attached hydrogens (tertiary/aromatic N) is 4. The summed E-state index contributed by atoms with van der Waals surface area (Å²) in [4.78, 5) is 35.0. The Labute approximate surface area is 242 Å². The first-order chi connectivity index (χ1) is 19.0. The first-order valence-corrected chi connectivity index (χ1v) is 15.5. The summed E-state index contributed by atoms with van der Waals surface area (Å²) in [5.41, 5.74) is -0.648. The monoisotopic (exact) mass is 608 g/mol. The lowest BCUT2D eigenvalue weighted by atomic mass is 10.00. The van der Waals surface area contributed by atoms with Gasteiger partial charge in [0.1, 0.15) is 5.82 Å². The number of piperazine rings is 1. The van der Waals surface area contributed by atoms with Gasteiger partial charge in [0.2, 0.25) is 5.91 Å². The predicted octanol–water partition coefficient (Wildman–Crippen LogP) is 6.54. The second kappa shape index (κ2) is 10.1. The van der Waals surface area contributed by atoms with Crippen molar-refractivity contribution in [3.63, 3.8) is 0 Å². The van der Waals surface area contributed by atoms with Gasteiger partial charge in [-0.05, 0) is 56.7 Å². The van der Waals surface area contributed by atoms with Crippen molar-refractivity contribution in [3.8, 4) is 10.4 Å². The molecule has 2 aliphatic heterocycles. The summed E-state index contributed by atoms with van der Waals surface area (Å²) in [5, 5.41) is 2.30. The molecule has 0 bridgehead atoms. The lowest BCUT2D eigenvalue weighted by Gasteiger charge is -2.44. The van der Waals surface area contributed by atoms with Crippen LogP contribution in [-0.4, -0.2) is 51.3 Å². The molecule has 1 aromatic carbocycles. The highest BCUT2D eigenvalue weighted by atomic mass is 35.5. The average molecular weight is 609 g/mol. The maximum Gasteiger partial charge on any atom is 0.417 e. The predicted molar refractivity (Wildman–Crippen MR) is 154 cm³/mol. The third-order valence-corrected chi connectivity index (χ3v) is 10.7. The summed E-state index contributed by atoms with van der Waals surface area (Å²) in [7, 11) is 0. The molecule has 6 rings (SSSR count). The maximum absolute atomic E-state index is 14.8. The van der Waals surface area contributed by atoms with Crippen LogP contribution in [0.4, 0.5) is 19.0 Å². The van der Waals surface area contributed by atoms with E-state index >= 15 is 0 Å². The van der Waals surface area contributed by atoms with Crippen LogP contribution in [0, 0.1) is 11.8 Å². The minimum Gasteiger partial charge on any atom is -0.352 e. The number of halogens is 4. The molecule has 40 heavy (non-hydrogen) atoms. The maximum atomic E-state index is 14.8. The fourth-order valence-corrected chi connectivity index (χ4v) is 8.91. The summed E-state index contributed by atoms with van der Waals surface area (Å²) in [5.74, 6) is 1.28. The van der Waals surface area contributed by atoms with Crippen LogP contribution in [0.5, 0.6) is 0 Å². The Kier molecular flexibility index (Phi) is 6.98. The molecule has 2 fully saturated rings. The third-order valence-electron chi connectivity index (χ3n) is 8.11. The van der Waals surface area contributed by atoms with E-state index in [4.69, 9.17) is 11.6 Å². The average Bonchev–Trinajstić information content (AvgIpc) is 3.67. The van der Waals surface area contributed by atoms with Gasteiger partial charge in [0.05, 0.1) is 16.1 Å². The number of carbonyl (C=O) groups excluding carboxylic acids is 1. The number of benzene rings is 1. The van der Waals surface area contributed by atoms with Gasteiger partial charge in [-0.3, -0.25) is 9.36 Å². The summed E-state index contributed by atoms with van der Waals surface area (Å²) in [6.07, 6.45) is -1.25. The van der Waals surface area contributed by atoms with E-state index in [0.29, 0.717) is 57.0 Å². The van der Waals surface area contributed by atoms with Crippen LogP contribution < -0.4 is 10.6 Å². The molecule has 6 nitrogen and oxygen atoms in total. The number of hydrogen-bond acceptors (Lipinski definition) is 6. The minimum absolute atomic E-state index is 0.0757. The Hall–Kier alpha value is -2.50. The van der Waals surface area contributed by atoms with Crippen molar-refractivity contribution < 1.29 is 18.0 Å². The SMILES string of the molecule is C=CC(=O)N1[C@H](C)CN(c2nc(=O)n3c4c(c(-c5cc(Cl)cs5)c(C(F)(F)F)cc24)SC[C@@H](C2CC2)C3)C[C@@H]1C. The molecule has 3 aromatic rings. The van der Waals surface area contributed by atoms with Crippen LogP contribution in [-0.2, 0) is 17.5 Å². The normalized spacial score (nSPS) is 23.4. The van der Waals surface area contributed by atoms with E-state index < -0.39 is 17.4 Å². The van der Waals surface area contributed by atoms with E-state index in [1.807, 2.05) is 18.7 Å². The highest BCUT2D eigenvalue weighted by Gasteiger charge is 2.41. The van der Waals surface area contributed by atoms with Gasteiger partial charge < -0.3 is 9.80 Å². The number of hydrogen-bond donors (Lipinski definition) is 0. The van der Waals surface area contributed by atoms with E-state index in [0.717, 1.165) is 18.9 Å². The Balaban J connectivity index is 1.61. The zero-order chi connectivity index (χ0) is 28.5. The molecule has 2 aromatic heterocycles. The van der Waals surface area contributed by atoms with Crippen molar-refractivity contribution in [1.29, 1.82) is 0 Å². The van der Waals surface area contributed by atoms with Crippen molar-refractivity contribution in [1.82, 2.24) is 14.5 Å². The first-order valence-electron chi connectivity index (χ1n) is 13.2. The zero-order valence-electron chi connectivity index (χ0n) is 22.0. The molecule has 4 heterocycles. The lowest BCUT2D eigenvalue weighted by molar-refractivity contribution is -0.137. The van der Waals surface area contributed by atoms with Gasteiger partial charge in [0.25, 0.3) is 0 Å². The van der Waals surface area contributed by atoms with Gasteiger partial charge in [-0.15, -0.1) is 23.1 Å². The van der Waals surface area contributed by atoms with Gasteiger partial charge in [0, 0.05) is 63.6 Å². The van der Waals surface area contributed by atoms with Crippen LogP contribution in [0.25, 0.3) is 21.3 Å². The molecule has 1 saturated heterocycles. The fraction of sp³-hybridized carbons (Fsp3) is 0.464. The Bertz CT molecular complexity index is 1570. The quantitative estimate of drug-likeness (QED) is 0.315. The van der Waals surface area contributed by atoms with Gasteiger partial charge in [-0.1, -0.05) is 18.2 Å². The van der Waals surface area contributed by atoms with Crippen LogP contribution >= 0.6 is 34.7 Å². The Morgan fingerprint density at radius 1 is 1.15 bits per heavy atom. The number of aromatic nitrogens is 2. The van der Waals surface area contributed by atoms with Crippen molar-refractivity contribution in [2.45, 2.75) is 56.4 Å². The number of anilines is 1. The Morgan fingerprint density at radius 3 is 2.42 bits per heavy atom. The number of thiophene rings is 1. The summed E-state index contributed by atoms with van der Waals surface area (Å²) in [6.45, 7) is 8.43. The van der Waals surface area contributed by atoms with E-state index in [9.17, 15) is 22.8 Å². The molecule has 0 spiro atoms. The number of alkyl halides is 3. The van der Waals surface area contributed by atoms with Crippen LogP contribution in [0.15, 0.2) is 39.9 Å². The van der Waals surface area contributed by atoms with E-state index in [1.165, 1.54) is 29.2 Å². The lowest BCUT2D eigenvalue weighted by Crippen LogP contribution is -2.58. The number of carbonyl (C=O) groups is 1. The second-order valence-corrected chi connectivity index (χ2v) is 13.3. The number of amides is 1. The van der Waals surface area contributed by atoms with E-state index in [2.05, 4.69) is 11.6 Å².